The van der Waals surface area contributed by atoms with Gasteiger partial charge in [-0.05, 0) is 67.2 Å². The zero-order valence-electron chi connectivity index (χ0n) is 24.4. The number of hydrogen-bond acceptors (Lipinski definition) is 3. The van der Waals surface area contributed by atoms with Crippen molar-refractivity contribution >= 4 is 0 Å². The van der Waals surface area contributed by atoms with E-state index in [1.807, 2.05) is 12.1 Å². The highest BCUT2D eigenvalue weighted by atomic mass is 16.3. The number of furan rings is 1. The molecule has 1 aromatic heterocycles. The van der Waals surface area contributed by atoms with Crippen molar-refractivity contribution in [3.63, 3.8) is 0 Å². The second kappa shape index (κ2) is 9.01. The SMILES string of the molecule is CC(C)(C)c1cc(C(c2cc(C(C)(C)C)c(O)c(C(C)(C)C)c2)c2ccco2)cc(C(C)(C)C)c1O. The normalized spacial score (nSPS) is 13.5. The first kappa shape index (κ1) is 27.9. The van der Waals surface area contributed by atoms with Crippen LogP contribution < -0.4 is 0 Å². The molecule has 0 bridgehead atoms. The molecule has 0 radical (unpaired) electrons. The summed E-state index contributed by atoms with van der Waals surface area (Å²) in [4.78, 5) is 0. The highest BCUT2D eigenvalue weighted by molar-refractivity contribution is 5.57. The summed E-state index contributed by atoms with van der Waals surface area (Å²) in [5.74, 6) is 1.39. The second-order valence-corrected chi connectivity index (χ2v) is 14.4. The molecule has 2 N–H and O–H groups in total. The Hall–Kier alpha value is -2.68. The monoisotopic (exact) mass is 490 g/mol. The summed E-state index contributed by atoms with van der Waals surface area (Å²) in [6.45, 7) is 25.6. The van der Waals surface area contributed by atoms with Crippen LogP contribution in [0.15, 0.2) is 47.1 Å². The van der Waals surface area contributed by atoms with Gasteiger partial charge in [0.1, 0.15) is 17.3 Å². The van der Waals surface area contributed by atoms with E-state index in [-0.39, 0.29) is 27.6 Å². The molecule has 3 nitrogen and oxygen atoms in total. The van der Waals surface area contributed by atoms with Crippen LogP contribution in [0.1, 0.15) is 128 Å². The average Bonchev–Trinajstić information content (AvgIpc) is 3.20. The van der Waals surface area contributed by atoms with Gasteiger partial charge in [-0.1, -0.05) is 107 Å². The summed E-state index contributed by atoms with van der Waals surface area (Å²) < 4.78 is 6.04. The zero-order chi connectivity index (χ0) is 27.4. The maximum absolute atomic E-state index is 11.3. The van der Waals surface area contributed by atoms with Gasteiger partial charge in [-0.2, -0.15) is 0 Å². The molecule has 0 atom stereocenters. The summed E-state index contributed by atoms with van der Waals surface area (Å²) >= 11 is 0. The van der Waals surface area contributed by atoms with Crippen LogP contribution in [0.2, 0.25) is 0 Å². The van der Waals surface area contributed by atoms with Gasteiger partial charge < -0.3 is 14.6 Å². The summed E-state index contributed by atoms with van der Waals surface area (Å²) in [6.07, 6.45) is 1.72. The van der Waals surface area contributed by atoms with E-state index in [9.17, 15) is 10.2 Å². The van der Waals surface area contributed by atoms with Crippen LogP contribution in [-0.2, 0) is 21.7 Å². The summed E-state index contributed by atoms with van der Waals surface area (Å²) in [5.41, 5.74) is 4.88. The van der Waals surface area contributed by atoms with Crippen LogP contribution in [0.25, 0.3) is 0 Å². The smallest absolute Gasteiger partial charge is 0.123 e. The molecule has 0 saturated heterocycles. The molecule has 3 aromatic rings. The lowest BCUT2D eigenvalue weighted by Crippen LogP contribution is -2.20. The lowest BCUT2D eigenvalue weighted by atomic mass is 9.73. The fraction of sp³-hybridized carbons (Fsp3) is 0.515. The number of benzene rings is 2. The first-order valence-corrected chi connectivity index (χ1v) is 13.0. The first-order chi connectivity index (χ1) is 16.2. The average molecular weight is 491 g/mol. The Morgan fingerprint density at radius 2 is 0.861 bits per heavy atom. The molecule has 196 valence electrons. The Morgan fingerprint density at radius 3 is 1.08 bits per heavy atom. The highest BCUT2D eigenvalue weighted by Crippen LogP contribution is 2.46. The van der Waals surface area contributed by atoms with Crippen LogP contribution in [0.5, 0.6) is 11.5 Å². The van der Waals surface area contributed by atoms with Crippen molar-refractivity contribution in [2.45, 2.75) is 111 Å². The van der Waals surface area contributed by atoms with Gasteiger partial charge in [0.2, 0.25) is 0 Å². The van der Waals surface area contributed by atoms with E-state index in [4.69, 9.17) is 4.42 Å². The van der Waals surface area contributed by atoms with E-state index in [1.165, 1.54) is 0 Å². The van der Waals surface area contributed by atoms with Crippen LogP contribution >= 0.6 is 0 Å². The topological polar surface area (TPSA) is 53.6 Å². The van der Waals surface area contributed by atoms with Crippen molar-refractivity contribution in [1.29, 1.82) is 0 Å². The third kappa shape index (κ3) is 5.51. The van der Waals surface area contributed by atoms with Crippen LogP contribution in [-0.4, -0.2) is 10.2 Å². The number of hydrogen-bond donors (Lipinski definition) is 2. The zero-order valence-corrected chi connectivity index (χ0v) is 24.4. The molecule has 3 heteroatoms. The van der Waals surface area contributed by atoms with Crippen LogP contribution in [0.3, 0.4) is 0 Å². The lowest BCUT2D eigenvalue weighted by Gasteiger charge is -2.32. The van der Waals surface area contributed by atoms with Gasteiger partial charge in [0.15, 0.2) is 0 Å². The molecule has 0 unspecified atom stereocenters. The molecular weight excluding hydrogens is 444 g/mol. The van der Waals surface area contributed by atoms with Gasteiger partial charge in [0.25, 0.3) is 0 Å². The lowest BCUT2D eigenvalue weighted by molar-refractivity contribution is 0.421. The van der Waals surface area contributed by atoms with Gasteiger partial charge in [0, 0.05) is 0 Å². The maximum Gasteiger partial charge on any atom is 0.123 e. The van der Waals surface area contributed by atoms with Gasteiger partial charge in [0.05, 0.1) is 12.2 Å². The van der Waals surface area contributed by atoms with E-state index in [1.54, 1.807) is 6.26 Å². The number of rotatable bonds is 3. The fourth-order valence-corrected chi connectivity index (χ4v) is 4.91. The molecule has 1 heterocycles. The van der Waals surface area contributed by atoms with Crippen LogP contribution in [0.4, 0.5) is 0 Å². The van der Waals surface area contributed by atoms with Gasteiger partial charge >= 0.3 is 0 Å². The number of phenolic OH excluding ortho intramolecular Hbond substituents is 2. The van der Waals surface area contributed by atoms with Crippen molar-refractivity contribution in [3.05, 3.63) is 81.8 Å². The molecule has 0 aliphatic carbocycles. The van der Waals surface area contributed by atoms with Gasteiger partial charge in [-0.3, -0.25) is 0 Å². The molecule has 0 aliphatic heterocycles. The van der Waals surface area contributed by atoms with Gasteiger partial charge in [-0.15, -0.1) is 0 Å². The minimum Gasteiger partial charge on any atom is -0.507 e. The molecular formula is C33H46O3. The molecule has 0 aliphatic rings. The van der Waals surface area contributed by atoms with Crippen molar-refractivity contribution in [1.82, 2.24) is 0 Å². The third-order valence-electron chi connectivity index (χ3n) is 6.99. The fourth-order valence-electron chi connectivity index (χ4n) is 4.91. The Labute approximate surface area is 218 Å². The summed E-state index contributed by atoms with van der Waals surface area (Å²) in [7, 11) is 0. The van der Waals surface area contributed by atoms with Crippen molar-refractivity contribution in [2.75, 3.05) is 0 Å². The maximum atomic E-state index is 11.3. The minimum absolute atomic E-state index is 0.189. The largest absolute Gasteiger partial charge is 0.507 e. The standard InChI is InChI=1S/C33H46O3/c1-30(2,3)22-16-20(17-23(28(22)34)31(4,5)6)27(26-14-13-15-36-26)21-18-24(32(7,8)9)29(35)25(19-21)33(10,11)12/h13-19,27,34-35H,1-12H3. The molecule has 0 fully saturated rings. The van der Waals surface area contributed by atoms with E-state index >= 15 is 0 Å². The third-order valence-corrected chi connectivity index (χ3v) is 6.99. The van der Waals surface area contributed by atoms with Crippen molar-refractivity contribution in [2.24, 2.45) is 0 Å². The van der Waals surface area contributed by atoms with Gasteiger partial charge in [-0.25, -0.2) is 0 Å². The molecule has 36 heavy (non-hydrogen) atoms. The molecule has 2 aromatic carbocycles. The molecule has 0 saturated carbocycles. The van der Waals surface area contributed by atoms with Crippen molar-refractivity contribution in [3.8, 4) is 11.5 Å². The number of aromatic hydroxyl groups is 2. The Morgan fingerprint density at radius 1 is 0.556 bits per heavy atom. The molecule has 3 rings (SSSR count). The predicted octanol–water partition coefficient (Wildman–Crippen LogP) is 9.06. The van der Waals surface area contributed by atoms with Crippen LogP contribution in [0, 0.1) is 0 Å². The first-order valence-electron chi connectivity index (χ1n) is 13.0. The Kier molecular flexibility index (Phi) is 6.98. The molecule has 0 amide bonds. The predicted molar refractivity (Wildman–Crippen MR) is 151 cm³/mol. The summed E-state index contributed by atoms with van der Waals surface area (Å²) in [6, 6.07) is 12.5. The minimum atomic E-state index is -0.240. The summed E-state index contributed by atoms with van der Waals surface area (Å²) in [5, 5.41) is 22.7. The Balaban J connectivity index is 2.46. The Bertz CT molecular complexity index is 1070. The number of phenols is 2. The second-order valence-electron chi connectivity index (χ2n) is 14.4. The van der Waals surface area contributed by atoms with E-state index in [0.29, 0.717) is 11.5 Å². The van der Waals surface area contributed by atoms with E-state index in [0.717, 1.165) is 39.1 Å². The van der Waals surface area contributed by atoms with Crippen molar-refractivity contribution < 1.29 is 14.6 Å². The van der Waals surface area contributed by atoms with E-state index in [2.05, 4.69) is 107 Å². The quantitative estimate of drug-likeness (QED) is 0.385. The highest BCUT2D eigenvalue weighted by Gasteiger charge is 2.33. The van der Waals surface area contributed by atoms with E-state index < -0.39 is 0 Å². The molecule has 0 spiro atoms.